The van der Waals surface area contributed by atoms with Crippen molar-refractivity contribution in [2.24, 2.45) is 5.73 Å². The summed E-state index contributed by atoms with van der Waals surface area (Å²) in [6.45, 7) is 0.935. The summed E-state index contributed by atoms with van der Waals surface area (Å²) in [6.07, 6.45) is 1.70. The highest BCUT2D eigenvalue weighted by Crippen LogP contribution is 2.16. The Labute approximate surface area is 110 Å². The molecule has 0 atom stereocenters. The van der Waals surface area contributed by atoms with E-state index in [4.69, 9.17) is 18.0 Å². The molecule has 6 nitrogen and oxygen atoms in total. The largest absolute Gasteiger partial charge is 0.352 e. The molecule has 2 amide bonds. The molecule has 0 spiro atoms. The Morgan fingerprint density at radius 2 is 2.47 bits per heavy atom. The normalized spacial score (nSPS) is 10.6. The van der Waals surface area contributed by atoms with Crippen LogP contribution in [0.4, 0.5) is 4.79 Å². The number of primary amides is 1. The monoisotopic (exact) mass is 315 g/mol. The number of rotatable bonds is 3. The van der Waals surface area contributed by atoms with E-state index in [2.05, 4.69) is 31.2 Å². The number of hydrogen-bond acceptors (Lipinski definition) is 3. The summed E-state index contributed by atoms with van der Waals surface area (Å²) in [5.41, 5.74) is 6.59. The van der Waals surface area contributed by atoms with Crippen molar-refractivity contribution in [1.82, 2.24) is 19.9 Å². The van der Waals surface area contributed by atoms with Crippen LogP contribution in [0.2, 0.25) is 0 Å². The first-order valence-electron chi connectivity index (χ1n) is 4.85. The molecule has 0 unspecified atom stereocenters. The summed E-state index contributed by atoms with van der Waals surface area (Å²) >= 11 is 8.52. The van der Waals surface area contributed by atoms with Crippen LogP contribution >= 0.6 is 28.1 Å². The van der Waals surface area contributed by atoms with Gasteiger partial charge in [-0.25, -0.2) is 9.78 Å². The number of amides is 2. The second-order valence-corrected chi connectivity index (χ2v) is 4.70. The quantitative estimate of drug-likeness (QED) is 0.750. The first-order chi connectivity index (χ1) is 8.08. The lowest BCUT2D eigenvalue weighted by atomic mass is 10.4. The number of carbonyl (C=O) groups excluding carboxylic acids is 1. The molecule has 2 aromatic rings. The Morgan fingerprint density at radius 1 is 1.71 bits per heavy atom. The molecule has 4 N–H and O–H groups in total. The Bertz CT molecular complexity index is 619. The lowest BCUT2D eigenvalue weighted by Gasteiger charge is -2.04. The van der Waals surface area contributed by atoms with Crippen LogP contribution in [-0.2, 0) is 6.54 Å². The van der Waals surface area contributed by atoms with Gasteiger partial charge >= 0.3 is 6.03 Å². The van der Waals surface area contributed by atoms with E-state index >= 15 is 0 Å². The third-order valence-electron chi connectivity index (χ3n) is 2.21. The fraction of sp³-hybridized carbons (Fsp3) is 0.222. The fourth-order valence-corrected chi connectivity index (χ4v) is 2.14. The first-order valence-corrected chi connectivity index (χ1v) is 6.05. The molecule has 0 radical (unpaired) electrons. The summed E-state index contributed by atoms with van der Waals surface area (Å²) in [5, 5.41) is 2.51. The minimum atomic E-state index is -0.549. The second kappa shape index (κ2) is 4.84. The summed E-state index contributed by atoms with van der Waals surface area (Å²) in [7, 11) is 0. The van der Waals surface area contributed by atoms with Gasteiger partial charge in [0.05, 0.1) is 5.52 Å². The van der Waals surface area contributed by atoms with E-state index < -0.39 is 6.03 Å². The number of aromatic amines is 1. The second-order valence-electron chi connectivity index (χ2n) is 3.40. The van der Waals surface area contributed by atoms with Crippen molar-refractivity contribution >= 4 is 45.3 Å². The van der Waals surface area contributed by atoms with Crippen LogP contribution < -0.4 is 11.1 Å². The van der Waals surface area contributed by atoms with Crippen LogP contribution in [0.25, 0.3) is 11.2 Å². The molecule has 0 aliphatic rings. The van der Waals surface area contributed by atoms with Crippen molar-refractivity contribution in [3.63, 3.8) is 0 Å². The van der Waals surface area contributed by atoms with Gasteiger partial charge in [0, 0.05) is 23.8 Å². The van der Waals surface area contributed by atoms with Crippen molar-refractivity contribution in [3.8, 4) is 0 Å². The average Bonchev–Trinajstić information content (AvgIpc) is 2.54. The summed E-state index contributed by atoms with van der Waals surface area (Å²) < 4.78 is 3.26. The third-order valence-corrected chi connectivity index (χ3v) is 2.97. The molecule has 0 aliphatic heterocycles. The predicted octanol–water partition coefficient (Wildman–Crippen LogP) is 1.52. The van der Waals surface area contributed by atoms with E-state index in [0.717, 1.165) is 15.6 Å². The maximum Gasteiger partial charge on any atom is 0.312 e. The number of nitrogens with one attached hydrogen (secondary N) is 2. The van der Waals surface area contributed by atoms with Crippen molar-refractivity contribution in [2.75, 3.05) is 6.54 Å². The first kappa shape index (κ1) is 12.1. The van der Waals surface area contributed by atoms with E-state index in [1.165, 1.54) is 0 Å². The van der Waals surface area contributed by atoms with Crippen LogP contribution in [0, 0.1) is 4.77 Å². The standard InChI is InChI=1S/C9H10BrN5OS/c10-5-3-6-7(13-4-5)15(9(17)14-6)2-1-12-8(11)16/h3-4H,1-2H2,(H,14,17)(H3,11,12,16). The lowest BCUT2D eigenvalue weighted by molar-refractivity contribution is 0.248. The van der Waals surface area contributed by atoms with Gasteiger partial charge in [0.2, 0.25) is 0 Å². The fourth-order valence-electron chi connectivity index (χ4n) is 1.52. The Kier molecular flexibility index (Phi) is 3.43. The predicted molar refractivity (Wildman–Crippen MR) is 70.2 cm³/mol. The summed E-state index contributed by atoms with van der Waals surface area (Å²) in [4.78, 5) is 17.9. The zero-order chi connectivity index (χ0) is 12.4. The number of pyridine rings is 1. The molecule has 90 valence electrons. The average molecular weight is 316 g/mol. The van der Waals surface area contributed by atoms with Crippen LogP contribution in [0.1, 0.15) is 0 Å². The van der Waals surface area contributed by atoms with Crippen LogP contribution in [0.3, 0.4) is 0 Å². The number of hydrogen-bond donors (Lipinski definition) is 3. The molecule has 8 heteroatoms. The Balaban J connectivity index is 2.30. The highest BCUT2D eigenvalue weighted by Gasteiger charge is 2.06. The SMILES string of the molecule is NC(=O)NCCn1c(=S)[nH]c2cc(Br)cnc21. The Hall–Kier alpha value is -1.41. The highest BCUT2D eigenvalue weighted by molar-refractivity contribution is 9.10. The van der Waals surface area contributed by atoms with Crippen molar-refractivity contribution < 1.29 is 4.79 Å². The molecular weight excluding hydrogens is 306 g/mol. The van der Waals surface area contributed by atoms with Gasteiger partial charge in [0.15, 0.2) is 10.4 Å². The van der Waals surface area contributed by atoms with E-state index in [0.29, 0.717) is 17.9 Å². The summed E-state index contributed by atoms with van der Waals surface area (Å²) in [5.74, 6) is 0. The molecule has 0 bridgehead atoms. The number of H-pyrrole nitrogens is 1. The van der Waals surface area contributed by atoms with Gasteiger partial charge in [0.25, 0.3) is 0 Å². The molecule has 2 aromatic heterocycles. The number of urea groups is 1. The third kappa shape index (κ3) is 2.64. The van der Waals surface area contributed by atoms with Gasteiger partial charge in [-0.05, 0) is 34.2 Å². The zero-order valence-electron chi connectivity index (χ0n) is 8.74. The van der Waals surface area contributed by atoms with Crippen molar-refractivity contribution in [3.05, 3.63) is 21.5 Å². The van der Waals surface area contributed by atoms with Gasteiger partial charge in [-0.15, -0.1) is 0 Å². The lowest BCUT2D eigenvalue weighted by Crippen LogP contribution is -2.32. The number of nitrogens with two attached hydrogens (primary N) is 1. The zero-order valence-corrected chi connectivity index (χ0v) is 11.1. The van der Waals surface area contributed by atoms with Crippen molar-refractivity contribution in [1.29, 1.82) is 0 Å². The van der Waals surface area contributed by atoms with Gasteiger partial charge < -0.3 is 16.0 Å². The van der Waals surface area contributed by atoms with E-state index in [9.17, 15) is 4.79 Å². The maximum atomic E-state index is 10.6. The number of aromatic nitrogens is 3. The molecule has 0 aliphatic carbocycles. The molecule has 17 heavy (non-hydrogen) atoms. The molecule has 2 heterocycles. The minimum absolute atomic E-state index is 0.411. The number of imidazole rings is 1. The maximum absolute atomic E-state index is 10.6. The van der Waals surface area contributed by atoms with Gasteiger partial charge in [-0.2, -0.15) is 0 Å². The van der Waals surface area contributed by atoms with E-state index in [-0.39, 0.29) is 0 Å². The smallest absolute Gasteiger partial charge is 0.312 e. The molecule has 2 rings (SSSR count). The number of fused-ring (bicyclic) bond motifs is 1. The van der Waals surface area contributed by atoms with Crippen LogP contribution in [0.15, 0.2) is 16.7 Å². The topological polar surface area (TPSA) is 88.7 Å². The van der Waals surface area contributed by atoms with Crippen LogP contribution in [0.5, 0.6) is 0 Å². The minimum Gasteiger partial charge on any atom is -0.352 e. The molecule has 0 aromatic carbocycles. The molecule has 0 fully saturated rings. The summed E-state index contributed by atoms with van der Waals surface area (Å²) in [6, 6.07) is 1.35. The van der Waals surface area contributed by atoms with Crippen molar-refractivity contribution in [2.45, 2.75) is 6.54 Å². The van der Waals surface area contributed by atoms with E-state index in [1.807, 2.05) is 10.6 Å². The number of carbonyl (C=O) groups is 1. The molecule has 0 saturated heterocycles. The molecule has 0 saturated carbocycles. The highest BCUT2D eigenvalue weighted by atomic mass is 79.9. The number of halogens is 1. The van der Waals surface area contributed by atoms with E-state index in [1.54, 1.807) is 6.20 Å². The molecular formula is C9H10BrN5OS. The van der Waals surface area contributed by atoms with Gasteiger partial charge in [0.1, 0.15) is 0 Å². The van der Waals surface area contributed by atoms with Crippen LogP contribution in [-0.4, -0.2) is 27.1 Å². The van der Waals surface area contributed by atoms with Gasteiger partial charge in [-0.3, -0.25) is 4.57 Å². The number of nitrogens with zero attached hydrogens (tertiary/aromatic N) is 2. The van der Waals surface area contributed by atoms with Gasteiger partial charge in [-0.1, -0.05) is 0 Å². The Morgan fingerprint density at radius 3 is 3.18 bits per heavy atom.